The molecule has 2 aromatic rings. The molecule has 1 heterocycles. The zero-order chi connectivity index (χ0) is 12.3. The maximum absolute atomic E-state index is 5.60. The number of aromatic nitrogens is 1. The molecule has 0 aliphatic carbocycles. The highest BCUT2D eigenvalue weighted by atomic mass is 16.4. The fourth-order valence-electron chi connectivity index (χ4n) is 1.98. The van der Waals surface area contributed by atoms with E-state index < -0.39 is 0 Å². The van der Waals surface area contributed by atoms with E-state index in [2.05, 4.69) is 37.0 Å². The monoisotopic (exact) mass is 225 g/mol. The molecule has 0 amide bonds. The summed E-state index contributed by atoms with van der Waals surface area (Å²) in [5.74, 6) is 0. The van der Waals surface area contributed by atoms with Gasteiger partial charge in [-0.15, -0.1) is 0 Å². The van der Waals surface area contributed by atoms with E-state index in [0.717, 1.165) is 5.59 Å². The number of hydrogen-bond donors (Lipinski definition) is 0. The third-order valence-corrected chi connectivity index (χ3v) is 2.91. The van der Waals surface area contributed by atoms with Crippen molar-refractivity contribution in [3.8, 4) is 0 Å². The number of rotatable bonds is 3. The van der Waals surface area contributed by atoms with Crippen molar-refractivity contribution < 1.29 is 4.65 Å². The van der Waals surface area contributed by atoms with Gasteiger partial charge in [0.15, 0.2) is 0 Å². The van der Waals surface area contributed by atoms with Crippen molar-refractivity contribution in [3.05, 3.63) is 53.7 Å². The van der Waals surface area contributed by atoms with Gasteiger partial charge in [0, 0.05) is 18.9 Å². The predicted octanol–water partition coefficient (Wildman–Crippen LogP) is 1.45. The third-order valence-electron chi connectivity index (χ3n) is 2.91. The quantitative estimate of drug-likeness (QED) is 0.737. The Balaban J connectivity index is 2.46. The van der Waals surface area contributed by atoms with Crippen LogP contribution in [-0.4, -0.2) is 19.0 Å². The van der Waals surface area contributed by atoms with Crippen LogP contribution in [0.2, 0.25) is 0 Å². The molecule has 2 nitrogen and oxygen atoms in total. The second kappa shape index (κ2) is 5.15. The van der Waals surface area contributed by atoms with E-state index in [1.807, 2.05) is 18.2 Å². The van der Waals surface area contributed by atoms with Crippen molar-refractivity contribution in [2.24, 2.45) is 0 Å². The van der Waals surface area contributed by atoms with E-state index in [9.17, 15) is 0 Å². The summed E-state index contributed by atoms with van der Waals surface area (Å²) in [6.45, 7) is 4.11. The lowest BCUT2D eigenvalue weighted by Crippen LogP contribution is -2.47. The molecular formula is C14H16BNO. The van der Waals surface area contributed by atoms with Crippen LogP contribution in [0.3, 0.4) is 0 Å². The summed E-state index contributed by atoms with van der Waals surface area (Å²) in [6.07, 6.45) is 1.80. The molecule has 0 aliphatic rings. The first-order valence-corrected chi connectivity index (χ1v) is 5.73. The lowest BCUT2D eigenvalue weighted by Gasteiger charge is -2.14. The molecule has 2 rings (SSSR count). The molecule has 0 saturated carbocycles. The van der Waals surface area contributed by atoms with Gasteiger partial charge in [-0.05, 0) is 31.4 Å². The first-order valence-electron chi connectivity index (χ1n) is 5.73. The van der Waals surface area contributed by atoms with E-state index in [1.165, 1.54) is 16.6 Å². The van der Waals surface area contributed by atoms with Gasteiger partial charge in [0.1, 0.15) is 0 Å². The van der Waals surface area contributed by atoms with Gasteiger partial charge < -0.3 is 4.65 Å². The van der Waals surface area contributed by atoms with Crippen LogP contribution >= 0.6 is 0 Å². The average molecular weight is 225 g/mol. The molecule has 0 atom stereocenters. The summed E-state index contributed by atoms with van der Waals surface area (Å²) < 4.78 is 5.60. The minimum absolute atomic E-state index is 0.0869. The maximum atomic E-state index is 5.60. The van der Waals surface area contributed by atoms with Crippen molar-refractivity contribution in [2.45, 2.75) is 13.8 Å². The minimum atomic E-state index is -0.0869. The van der Waals surface area contributed by atoms with E-state index in [-0.39, 0.29) is 6.92 Å². The summed E-state index contributed by atoms with van der Waals surface area (Å²) in [5, 5.41) is 0. The smallest absolute Gasteiger partial charge is 0.381 e. The van der Waals surface area contributed by atoms with Crippen LogP contribution in [0.15, 0.2) is 42.6 Å². The second-order valence-electron chi connectivity index (χ2n) is 4.23. The molecule has 86 valence electrons. The first kappa shape index (κ1) is 11.9. The van der Waals surface area contributed by atoms with Crippen LogP contribution in [-0.2, 0) is 4.65 Å². The van der Waals surface area contributed by atoms with Crippen molar-refractivity contribution in [1.82, 2.24) is 4.98 Å². The van der Waals surface area contributed by atoms with Gasteiger partial charge in [-0.3, -0.25) is 4.98 Å². The molecule has 17 heavy (non-hydrogen) atoms. The molecule has 0 spiro atoms. The van der Waals surface area contributed by atoms with Crippen molar-refractivity contribution >= 4 is 18.0 Å². The predicted molar refractivity (Wildman–Crippen MR) is 72.2 cm³/mol. The lowest BCUT2D eigenvalue weighted by atomic mass is 9.56. The Kier molecular flexibility index (Phi) is 3.60. The van der Waals surface area contributed by atoms with Gasteiger partial charge in [-0.2, -0.15) is 0 Å². The Hall–Kier alpha value is -1.61. The highest BCUT2D eigenvalue weighted by molar-refractivity contribution is 6.79. The lowest BCUT2D eigenvalue weighted by molar-refractivity contribution is 0.438. The normalized spacial score (nSPS) is 10.3. The molecule has 0 N–H and O–H groups in total. The van der Waals surface area contributed by atoms with Gasteiger partial charge in [-0.25, -0.2) is 0 Å². The molecule has 0 unspecified atom stereocenters. The molecule has 0 bridgehead atoms. The van der Waals surface area contributed by atoms with Crippen LogP contribution in [0.1, 0.15) is 11.1 Å². The van der Waals surface area contributed by atoms with Crippen molar-refractivity contribution in [3.63, 3.8) is 0 Å². The summed E-state index contributed by atoms with van der Waals surface area (Å²) >= 11 is 0. The van der Waals surface area contributed by atoms with Crippen LogP contribution in [0.5, 0.6) is 0 Å². The molecule has 3 heteroatoms. The largest absolute Gasteiger partial charge is 0.429 e. The first-order chi connectivity index (χ1) is 8.22. The highest BCUT2D eigenvalue weighted by Crippen LogP contribution is 2.02. The molecule has 0 aliphatic heterocycles. The summed E-state index contributed by atoms with van der Waals surface area (Å²) in [5.41, 5.74) is 4.60. The molecule has 1 aromatic carbocycles. The van der Waals surface area contributed by atoms with Gasteiger partial charge in [0.2, 0.25) is 0 Å². The van der Waals surface area contributed by atoms with E-state index >= 15 is 0 Å². The van der Waals surface area contributed by atoms with Gasteiger partial charge in [0.05, 0.1) is 0 Å². The van der Waals surface area contributed by atoms with Crippen molar-refractivity contribution in [1.29, 1.82) is 0 Å². The van der Waals surface area contributed by atoms with Gasteiger partial charge in [-0.1, -0.05) is 35.4 Å². The maximum Gasteiger partial charge on any atom is 0.381 e. The molecule has 0 fully saturated rings. The molecule has 1 aromatic heterocycles. The number of nitrogens with zero attached hydrogens (tertiary/aromatic N) is 1. The number of hydrogen-bond acceptors (Lipinski definition) is 2. The molecule has 0 radical (unpaired) electrons. The van der Waals surface area contributed by atoms with Crippen LogP contribution < -0.4 is 11.1 Å². The van der Waals surface area contributed by atoms with Gasteiger partial charge >= 0.3 is 6.92 Å². The highest BCUT2D eigenvalue weighted by Gasteiger charge is 2.22. The fraction of sp³-hybridized carbons (Fsp3) is 0.214. The Morgan fingerprint density at radius 1 is 1.12 bits per heavy atom. The Labute approximate surface area is 103 Å². The standard InChI is InChI=1S/C14H16BNO/c1-11-7-8-12(2)13(10-11)15(17-3)14-6-4-5-9-16-14/h4-10H,1-3H3. The zero-order valence-electron chi connectivity index (χ0n) is 10.5. The minimum Gasteiger partial charge on any atom is -0.429 e. The van der Waals surface area contributed by atoms with Crippen LogP contribution in [0.4, 0.5) is 0 Å². The average Bonchev–Trinajstić information content (AvgIpc) is 2.36. The SMILES string of the molecule is COB(c1ccccn1)c1cc(C)ccc1C. The van der Waals surface area contributed by atoms with E-state index in [1.54, 1.807) is 13.3 Å². The molecular weight excluding hydrogens is 209 g/mol. The fourth-order valence-corrected chi connectivity index (χ4v) is 1.98. The second-order valence-corrected chi connectivity index (χ2v) is 4.23. The van der Waals surface area contributed by atoms with Gasteiger partial charge in [0.25, 0.3) is 0 Å². The van der Waals surface area contributed by atoms with Crippen LogP contribution in [0, 0.1) is 13.8 Å². The Morgan fingerprint density at radius 3 is 2.59 bits per heavy atom. The topological polar surface area (TPSA) is 22.1 Å². The Morgan fingerprint density at radius 2 is 1.94 bits per heavy atom. The summed E-state index contributed by atoms with van der Waals surface area (Å²) in [4.78, 5) is 4.37. The summed E-state index contributed by atoms with van der Waals surface area (Å²) in [7, 11) is 1.72. The third kappa shape index (κ3) is 2.56. The number of aryl methyl sites for hydroxylation is 2. The number of benzene rings is 1. The zero-order valence-corrected chi connectivity index (χ0v) is 10.5. The van der Waals surface area contributed by atoms with Crippen LogP contribution in [0.25, 0.3) is 0 Å². The van der Waals surface area contributed by atoms with E-state index in [0.29, 0.717) is 0 Å². The van der Waals surface area contributed by atoms with E-state index in [4.69, 9.17) is 4.65 Å². The molecule has 0 saturated heterocycles. The summed E-state index contributed by atoms with van der Waals surface area (Å²) in [6, 6.07) is 12.3. The number of pyridine rings is 1. The van der Waals surface area contributed by atoms with Crippen molar-refractivity contribution in [2.75, 3.05) is 7.11 Å². The Bertz CT molecular complexity index is 499.